The molecule has 0 N–H and O–H groups in total. The fourth-order valence-electron chi connectivity index (χ4n) is 8.59. The first-order valence-electron chi connectivity index (χ1n) is 17.7. The summed E-state index contributed by atoms with van der Waals surface area (Å²) in [5.74, 6) is 0. The zero-order chi connectivity index (χ0) is 33.5. The summed E-state index contributed by atoms with van der Waals surface area (Å²) in [7, 11) is 0. The monoisotopic (exact) mass is 645 g/mol. The summed E-state index contributed by atoms with van der Waals surface area (Å²) in [6, 6.07) is 69.5. The van der Waals surface area contributed by atoms with Crippen molar-refractivity contribution in [3.8, 4) is 11.1 Å². The number of nitrogens with zero attached hydrogens (tertiary/aromatic N) is 1. The Morgan fingerprint density at radius 3 is 1.33 bits per heavy atom. The molecule has 11 aromatic carbocycles. The van der Waals surface area contributed by atoms with Gasteiger partial charge in [0.25, 0.3) is 0 Å². The summed E-state index contributed by atoms with van der Waals surface area (Å²) in [5.41, 5.74) is 5.81. The van der Waals surface area contributed by atoms with E-state index >= 15 is 0 Å². The van der Waals surface area contributed by atoms with Crippen LogP contribution in [-0.2, 0) is 0 Å². The van der Waals surface area contributed by atoms with Crippen LogP contribution in [-0.4, -0.2) is 0 Å². The molecular weight excluding hydrogens is 615 g/mol. The molecule has 0 aliphatic heterocycles. The smallest absolute Gasteiger partial charge is 0.0474 e. The van der Waals surface area contributed by atoms with E-state index < -0.39 is 0 Å². The Labute approximate surface area is 295 Å². The molecule has 0 radical (unpaired) electrons. The molecule has 0 unspecified atom stereocenters. The van der Waals surface area contributed by atoms with Gasteiger partial charge in [-0.25, -0.2) is 0 Å². The van der Waals surface area contributed by atoms with Crippen LogP contribution in [0.5, 0.6) is 0 Å². The highest BCUT2D eigenvalue weighted by Gasteiger charge is 2.19. The van der Waals surface area contributed by atoms with Crippen LogP contribution in [0, 0.1) is 0 Å². The number of fused-ring (bicyclic) bond motifs is 3. The van der Waals surface area contributed by atoms with Crippen molar-refractivity contribution >= 4 is 92.5 Å². The van der Waals surface area contributed by atoms with Crippen molar-refractivity contribution in [3.05, 3.63) is 188 Å². The average molecular weight is 646 g/mol. The molecule has 0 aliphatic carbocycles. The van der Waals surface area contributed by atoms with Gasteiger partial charge in [0.15, 0.2) is 0 Å². The van der Waals surface area contributed by atoms with E-state index in [0.717, 1.165) is 17.1 Å². The summed E-state index contributed by atoms with van der Waals surface area (Å²) in [4.78, 5) is 2.43. The van der Waals surface area contributed by atoms with Gasteiger partial charge >= 0.3 is 0 Å². The Bertz CT molecular complexity index is 3120. The zero-order valence-corrected chi connectivity index (χ0v) is 27.8. The molecule has 11 rings (SSSR count). The predicted molar refractivity (Wildman–Crippen MR) is 220 cm³/mol. The van der Waals surface area contributed by atoms with Crippen LogP contribution in [0.1, 0.15) is 0 Å². The summed E-state index contributed by atoms with van der Waals surface area (Å²) in [6.45, 7) is 0. The van der Waals surface area contributed by atoms with Crippen molar-refractivity contribution in [2.24, 2.45) is 0 Å². The van der Waals surface area contributed by atoms with Crippen LogP contribution in [0.25, 0.3) is 86.5 Å². The SMILES string of the molecule is c1ccc(-c2ccc(N(c3ccc4ccccc4c3)c3cc4ccc5cccc6c7cccc8ccc9cccc(c(c3)c4c56)c9c87)cc2)cc1. The molecular formula is C50H31N. The average Bonchev–Trinajstić information content (AvgIpc) is 3.20. The highest BCUT2D eigenvalue weighted by atomic mass is 15.1. The van der Waals surface area contributed by atoms with Gasteiger partial charge < -0.3 is 4.90 Å². The zero-order valence-electron chi connectivity index (χ0n) is 27.8. The summed E-state index contributed by atoms with van der Waals surface area (Å²) in [6.07, 6.45) is 0. The summed E-state index contributed by atoms with van der Waals surface area (Å²) in [5, 5.41) is 17.9. The lowest BCUT2D eigenvalue weighted by Crippen LogP contribution is -2.10. The van der Waals surface area contributed by atoms with Crippen molar-refractivity contribution in [2.45, 2.75) is 0 Å². The van der Waals surface area contributed by atoms with Crippen LogP contribution in [0.2, 0.25) is 0 Å². The minimum atomic E-state index is 1.12. The molecule has 0 fully saturated rings. The molecule has 0 spiro atoms. The molecule has 0 aliphatic rings. The van der Waals surface area contributed by atoms with Gasteiger partial charge in [-0.05, 0) is 123 Å². The Hall–Kier alpha value is -6.70. The molecule has 0 heterocycles. The van der Waals surface area contributed by atoms with E-state index in [1.54, 1.807) is 0 Å². The minimum absolute atomic E-state index is 1.12. The van der Waals surface area contributed by atoms with Gasteiger partial charge in [0, 0.05) is 17.1 Å². The highest BCUT2D eigenvalue weighted by Crippen LogP contribution is 2.46. The number of rotatable bonds is 4. The predicted octanol–water partition coefficient (Wildman–Crippen LogP) is 14.3. The van der Waals surface area contributed by atoms with Gasteiger partial charge in [-0.2, -0.15) is 0 Å². The van der Waals surface area contributed by atoms with Crippen LogP contribution in [0.3, 0.4) is 0 Å². The molecule has 236 valence electrons. The van der Waals surface area contributed by atoms with Crippen LogP contribution in [0.15, 0.2) is 188 Å². The fourth-order valence-corrected chi connectivity index (χ4v) is 8.59. The maximum Gasteiger partial charge on any atom is 0.0474 e. The molecule has 1 heteroatoms. The van der Waals surface area contributed by atoms with Crippen molar-refractivity contribution in [1.29, 1.82) is 0 Å². The van der Waals surface area contributed by atoms with Crippen LogP contribution >= 0.6 is 0 Å². The van der Waals surface area contributed by atoms with Gasteiger partial charge in [-0.3, -0.25) is 0 Å². The van der Waals surface area contributed by atoms with Crippen LogP contribution in [0.4, 0.5) is 17.1 Å². The van der Waals surface area contributed by atoms with Crippen LogP contribution < -0.4 is 4.90 Å². The van der Waals surface area contributed by atoms with E-state index in [0.29, 0.717) is 0 Å². The Kier molecular flexibility index (Phi) is 6.02. The van der Waals surface area contributed by atoms with Gasteiger partial charge in [-0.1, -0.05) is 152 Å². The largest absolute Gasteiger partial charge is 0.310 e. The first-order valence-corrected chi connectivity index (χ1v) is 17.7. The molecule has 0 saturated heterocycles. The van der Waals surface area contributed by atoms with E-state index in [-0.39, 0.29) is 0 Å². The third-order valence-electron chi connectivity index (χ3n) is 10.9. The number of anilines is 3. The number of benzene rings is 10. The normalized spacial score (nSPS) is 11.9. The van der Waals surface area contributed by atoms with E-state index in [1.807, 2.05) is 0 Å². The van der Waals surface area contributed by atoms with Gasteiger partial charge in [0.1, 0.15) is 0 Å². The molecule has 1 nitrogen and oxygen atoms in total. The summed E-state index contributed by atoms with van der Waals surface area (Å²) >= 11 is 0. The van der Waals surface area contributed by atoms with Crippen molar-refractivity contribution in [1.82, 2.24) is 0 Å². The lowest BCUT2D eigenvalue weighted by atomic mass is 9.87. The molecule has 51 heavy (non-hydrogen) atoms. The van der Waals surface area contributed by atoms with Crippen molar-refractivity contribution in [3.63, 3.8) is 0 Å². The third-order valence-corrected chi connectivity index (χ3v) is 10.9. The quantitative estimate of drug-likeness (QED) is 0.172. The lowest BCUT2D eigenvalue weighted by Gasteiger charge is -2.27. The number of hydrogen-bond acceptors (Lipinski definition) is 1. The Morgan fingerprint density at radius 1 is 0.235 bits per heavy atom. The van der Waals surface area contributed by atoms with E-state index in [2.05, 4.69) is 193 Å². The summed E-state index contributed by atoms with van der Waals surface area (Å²) < 4.78 is 0. The van der Waals surface area contributed by atoms with E-state index in [1.165, 1.54) is 86.5 Å². The topological polar surface area (TPSA) is 3.24 Å². The lowest BCUT2D eigenvalue weighted by molar-refractivity contribution is 1.30. The fraction of sp³-hybridized carbons (Fsp3) is 0. The standard InChI is InChI=1S/C50H31N/c1-2-9-32(10-3-1)34-23-26-40(27-24-34)51(41-28-25-33-11-4-5-12-38(33)29-41)42-30-39-22-21-37-14-7-17-44-43-16-6-13-35-19-20-36-15-8-18-45(49(36)47(35)43)46(31-42)50(39)48(37)44/h1-31H. The first kappa shape index (κ1) is 28.2. The third kappa shape index (κ3) is 4.28. The molecule has 0 amide bonds. The second-order valence-electron chi connectivity index (χ2n) is 13.7. The number of hydrogen-bond donors (Lipinski definition) is 0. The molecule has 0 aromatic heterocycles. The second kappa shape index (κ2) is 10.9. The van der Waals surface area contributed by atoms with E-state index in [4.69, 9.17) is 0 Å². The molecule has 11 aromatic rings. The maximum absolute atomic E-state index is 2.44. The Balaban J connectivity index is 1.27. The first-order chi connectivity index (χ1) is 25.3. The van der Waals surface area contributed by atoms with Crippen molar-refractivity contribution in [2.75, 3.05) is 4.90 Å². The minimum Gasteiger partial charge on any atom is -0.310 e. The second-order valence-corrected chi connectivity index (χ2v) is 13.7. The Morgan fingerprint density at radius 2 is 0.686 bits per heavy atom. The molecule has 0 saturated carbocycles. The van der Waals surface area contributed by atoms with Crippen molar-refractivity contribution < 1.29 is 0 Å². The molecule has 0 atom stereocenters. The molecule has 0 bridgehead atoms. The highest BCUT2D eigenvalue weighted by molar-refractivity contribution is 6.37. The van der Waals surface area contributed by atoms with Gasteiger partial charge in [-0.15, -0.1) is 0 Å². The van der Waals surface area contributed by atoms with Gasteiger partial charge in [0.2, 0.25) is 0 Å². The van der Waals surface area contributed by atoms with Gasteiger partial charge in [0.05, 0.1) is 0 Å². The van der Waals surface area contributed by atoms with E-state index in [9.17, 15) is 0 Å². The maximum atomic E-state index is 2.44.